The zero-order valence-electron chi connectivity index (χ0n) is 16.5. The molecule has 2 aromatic rings. The van der Waals surface area contributed by atoms with E-state index in [2.05, 4.69) is 43.4 Å². The van der Waals surface area contributed by atoms with Crippen LogP contribution in [0.3, 0.4) is 0 Å². The van der Waals surface area contributed by atoms with Gasteiger partial charge in [0.15, 0.2) is 0 Å². The van der Waals surface area contributed by atoms with Crippen molar-refractivity contribution in [1.82, 2.24) is 5.32 Å². The summed E-state index contributed by atoms with van der Waals surface area (Å²) in [7, 11) is 0. The van der Waals surface area contributed by atoms with Crippen LogP contribution in [-0.2, 0) is 26.3 Å². The summed E-state index contributed by atoms with van der Waals surface area (Å²) in [5.74, 6) is -2.66. The van der Waals surface area contributed by atoms with Crippen LogP contribution >= 0.6 is 0 Å². The van der Waals surface area contributed by atoms with Crippen molar-refractivity contribution in [3.63, 3.8) is 0 Å². The van der Waals surface area contributed by atoms with Crippen molar-refractivity contribution in [2.24, 2.45) is 5.73 Å². The minimum absolute atomic E-state index is 0.00371. The maximum absolute atomic E-state index is 11.9. The smallest absolute Gasteiger partial charge is 0.328 e. The third-order valence-electron chi connectivity index (χ3n) is 4.11. The number of nitrogens with one attached hydrogen (secondary N) is 1. The fourth-order valence-corrected chi connectivity index (χ4v) is 2.90. The van der Waals surface area contributed by atoms with E-state index in [4.69, 9.17) is 15.9 Å². The predicted molar refractivity (Wildman–Crippen MR) is 110 cm³/mol. The number of carbonyl (C=O) groups is 3. The lowest BCUT2D eigenvalue weighted by molar-refractivity contribution is -0.134. The highest BCUT2D eigenvalue weighted by molar-refractivity contribution is 5.89. The number of carboxylic acids is 2. The molecule has 0 aliphatic carbocycles. The van der Waals surface area contributed by atoms with Gasteiger partial charge in [0.1, 0.15) is 0 Å². The Labute approximate surface area is 169 Å². The highest BCUT2D eigenvalue weighted by Gasteiger charge is 2.29. The molecule has 0 spiro atoms. The Morgan fingerprint density at radius 1 is 0.966 bits per heavy atom. The molecule has 0 fully saturated rings. The Hall–Kier alpha value is -3.45. The first-order valence-corrected chi connectivity index (χ1v) is 8.93. The maximum atomic E-state index is 11.9. The number of amides is 1. The lowest BCUT2D eigenvalue weighted by Gasteiger charge is -2.33. The average molecular weight is 398 g/mol. The van der Waals surface area contributed by atoms with Gasteiger partial charge in [-0.2, -0.15) is 0 Å². The molecule has 2 rings (SSSR count). The third kappa shape index (κ3) is 8.40. The molecule has 29 heavy (non-hydrogen) atoms. The third-order valence-corrected chi connectivity index (χ3v) is 4.11. The number of aliphatic carboxylic acids is 2. The summed E-state index contributed by atoms with van der Waals surface area (Å²) in [6, 6.07) is 18.3. The van der Waals surface area contributed by atoms with Gasteiger partial charge in [0.25, 0.3) is 0 Å². The van der Waals surface area contributed by atoms with Crippen LogP contribution in [0.4, 0.5) is 0 Å². The first kappa shape index (κ1) is 23.6. The van der Waals surface area contributed by atoms with Gasteiger partial charge in [0, 0.05) is 12.2 Å². The molecule has 0 saturated carbocycles. The van der Waals surface area contributed by atoms with Gasteiger partial charge < -0.3 is 21.3 Å². The second kappa shape index (κ2) is 11.4. The molecule has 0 aromatic heterocycles. The van der Waals surface area contributed by atoms with Gasteiger partial charge in [-0.1, -0.05) is 54.6 Å². The lowest BCUT2D eigenvalue weighted by atomic mass is 9.83. The van der Waals surface area contributed by atoms with E-state index in [0.717, 1.165) is 17.5 Å². The van der Waals surface area contributed by atoms with Gasteiger partial charge >= 0.3 is 11.9 Å². The minimum Gasteiger partial charge on any atom is -0.478 e. The van der Waals surface area contributed by atoms with Crippen LogP contribution in [0.25, 0.3) is 0 Å². The molecule has 154 valence electrons. The first-order chi connectivity index (χ1) is 13.7. The van der Waals surface area contributed by atoms with Gasteiger partial charge in [-0.15, -0.1) is 0 Å². The SMILES string of the molecule is Cc1ccccc1C(C)(Cc1ccccc1)NC(=O)CN.O=C(O)C=CC(=O)O. The lowest BCUT2D eigenvalue weighted by Crippen LogP contribution is -2.47. The Balaban J connectivity index is 0.000000447. The second-order valence-electron chi connectivity index (χ2n) is 6.57. The molecule has 1 atom stereocenters. The number of carbonyl (C=O) groups excluding carboxylic acids is 1. The van der Waals surface area contributed by atoms with Crippen LogP contribution in [0.5, 0.6) is 0 Å². The number of hydrogen-bond acceptors (Lipinski definition) is 4. The van der Waals surface area contributed by atoms with Crippen molar-refractivity contribution in [2.75, 3.05) is 6.54 Å². The summed E-state index contributed by atoms with van der Waals surface area (Å²) >= 11 is 0. The number of carboxylic acid groups (broad SMARTS) is 2. The summed E-state index contributed by atoms with van der Waals surface area (Å²) in [6.07, 6.45) is 1.84. The minimum atomic E-state index is -1.26. The molecule has 1 amide bonds. The van der Waals surface area contributed by atoms with E-state index in [1.54, 1.807) is 0 Å². The normalized spacial score (nSPS) is 12.4. The molecule has 0 aliphatic heterocycles. The van der Waals surface area contributed by atoms with Gasteiger partial charge in [0.2, 0.25) is 5.91 Å². The monoisotopic (exact) mass is 398 g/mol. The van der Waals surface area contributed by atoms with Gasteiger partial charge in [-0.25, -0.2) is 9.59 Å². The van der Waals surface area contributed by atoms with Crippen LogP contribution in [0.2, 0.25) is 0 Å². The summed E-state index contributed by atoms with van der Waals surface area (Å²) in [4.78, 5) is 31.0. The highest BCUT2D eigenvalue weighted by atomic mass is 16.4. The van der Waals surface area contributed by atoms with Gasteiger partial charge in [0.05, 0.1) is 12.1 Å². The summed E-state index contributed by atoms with van der Waals surface area (Å²) in [5, 5.41) is 18.7. The van der Waals surface area contributed by atoms with E-state index in [1.807, 2.05) is 30.3 Å². The number of nitrogens with two attached hydrogens (primary N) is 1. The zero-order chi connectivity index (χ0) is 21.9. The van der Waals surface area contributed by atoms with E-state index < -0.39 is 17.5 Å². The van der Waals surface area contributed by atoms with E-state index >= 15 is 0 Å². The van der Waals surface area contributed by atoms with Crippen LogP contribution in [0.1, 0.15) is 23.6 Å². The topological polar surface area (TPSA) is 130 Å². The molecule has 2 aromatic carbocycles. The van der Waals surface area contributed by atoms with E-state index in [1.165, 1.54) is 5.56 Å². The van der Waals surface area contributed by atoms with Gasteiger partial charge in [-0.05, 0) is 37.0 Å². The Bertz CT molecular complexity index is 849. The number of aryl methyl sites for hydroxylation is 1. The molecule has 0 heterocycles. The molecule has 0 radical (unpaired) electrons. The molecular weight excluding hydrogens is 372 g/mol. The molecule has 0 saturated heterocycles. The fourth-order valence-electron chi connectivity index (χ4n) is 2.90. The molecular formula is C22H26N2O5. The first-order valence-electron chi connectivity index (χ1n) is 8.93. The maximum Gasteiger partial charge on any atom is 0.328 e. The predicted octanol–water partition coefficient (Wildman–Crippen LogP) is 2.24. The van der Waals surface area contributed by atoms with Crippen molar-refractivity contribution < 1.29 is 24.6 Å². The van der Waals surface area contributed by atoms with Crippen LogP contribution < -0.4 is 11.1 Å². The summed E-state index contributed by atoms with van der Waals surface area (Å²) < 4.78 is 0. The van der Waals surface area contributed by atoms with Crippen molar-refractivity contribution in [3.8, 4) is 0 Å². The Kier molecular flexibility index (Phi) is 9.28. The van der Waals surface area contributed by atoms with Crippen molar-refractivity contribution in [3.05, 3.63) is 83.4 Å². The van der Waals surface area contributed by atoms with E-state index in [-0.39, 0.29) is 12.5 Å². The number of rotatable bonds is 7. The molecule has 1 unspecified atom stereocenters. The summed E-state index contributed by atoms with van der Waals surface area (Å²) in [5.41, 5.74) is 8.47. The van der Waals surface area contributed by atoms with E-state index in [9.17, 15) is 14.4 Å². The largest absolute Gasteiger partial charge is 0.478 e. The van der Waals surface area contributed by atoms with Crippen molar-refractivity contribution in [1.29, 1.82) is 0 Å². The Morgan fingerprint density at radius 3 is 1.97 bits per heavy atom. The van der Waals surface area contributed by atoms with Crippen LogP contribution in [0.15, 0.2) is 66.7 Å². The highest BCUT2D eigenvalue weighted by Crippen LogP contribution is 2.28. The van der Waals surface area contributed by atoms with Crippen LogP contribution in [0, 0.1) is 6.92 Å². The summed E-state index contributed by atoms with van der Waals surface area (Å²) in [6.45, 7) is 4.11. The standard InChI is InChI=1S/C18H22N2O.C4H4O4/c1-14-8-6-7-11-16(14)18(2,20-17(21)13-19)12-15-9-4-3-5-10-15;5-3(6)1-2-4(7)8/h3-11H,12-13,19H2,1-2H3,(H,20,21);1-2H,(H,5,6)(H,7,8). The fraction of sp³-hybridized carbons (Fsp3) is 0.227. The van der Waals surface area contributed by atoms with Crippen molar-refractivity contribution >= 4 is 17.8 Å². The molecule has 0 aliphatic rings. The molecule has 0 bridgehead atoms. The zero-order valence-corrected chi connectivity index (χ0v) is 16.5. The van der Waals surface area contributed by atoms with E-state index in [0.29, 0.717) is 12.2 Å². The molecule has 7 nitrogen and oxygen atoms in total. The quantitative estimate of drug-likeness (QED) is 0.529. The van der Waals surface area contributed by atoms with Crippen LogP contribution in [-0.4, -0.2) is 34.6 Å². The Morgan fingerprint density at radius 2 is 1.48 bits per heavy atom. The number of benzene rings is 2. The molecule has 7 heteroatoms. The van der Waals surface area contributed by atoms with Crippen molar-refractivity contribution in [2.45, 2.75) is 25.8 Å². The molecule has 5 N–H and O–H groups in total. The number of hydrogen-bond donors (Lipinski definition) is 4. The van der Waals surface area contributed by atoms with Gasteiger partial charge in [-0.3, -0.25) is 4.79 Å². The average Bonchev–Trinajstić information content (AvgIpc) is 2.67. The second-order valence-corrected chi connectivity index (χ2v) is 6.57.